The molecule has 1 N–H and O–H groups in total. The van der Waals surface area contributed by atoms with Crippen LogP contribution in [0.15, 0.2) is 0 Å². The lowest BCUT2D eigenvalue weighted by atomic mass is 10.2. The molecule has 0 amide bonds. The molecule has 0 spiro atoms. The average Bonchev–Trinajstić information content (AvgIpc) is 2.80. The predicted octanol–water partition coefficient (Wildman–Crippen LogP) is 3.72. The van der Waals surface area contributed by atoms with Crippen molar-refractivity contribution in [2.45, 2.75) is 65.3 Å². The van der Waals surface area contributed by atoms with E-state index in [9.17, 15) is 0 Å². The van der Waals surface area contributed by atoms with Crippen molar-refractivity contribution in [3.05, 3.63) is 10.0 Å². The highest BCUT2D eigenvalue weighted by Crippen LogP contribution is 2.19. The zero-order valence-corrected chi connectivity index (χ0v) is 12.1. The highest BCUT2D eigenvalue weighted by molar-refractivity contribution is 7.11. The number of rotatable bonds is 9. The van der Waals surface area contributed by atoms with Gasteiger partial charge in [-0.25, -0.2) is 0 Å². The quantitative estimate of drug-likeness (QED) is 0.683. The fourth-order valence-electron chi connectivity index (χ4n) is 1.69. The number of unbranched alkanes of at least 4 members (excludes halogenated alkanes) is 3. The van der Waals surface area contributed by atoms with Crippen LogP contribution in [-0.4, -0.2) is 16.7 Å². The van der Waals surface area contributed by atoms with Gasteiger partial charge in [-0.15, -0.1) is 10.2 Å². The second kappa shape index (κ2) is 8.59. The number of aryl methyl sites for hydroxylation is 1. The lowest BCUT2D eigenvalue weighted by Gasteiger charge is -2.08. The third-order valence-electron chi connectivity index (χ3n) is 2.80. The molecular weight excluding hydrogens is 230 g/mol. The number of aromatic nitrogens is 2. The summed E-state index contributed by atoms with van der Waals surface area (Å²) in [4.78, 5) is 0. The molecule has 1 atom stereocenters. The summed E-state index contributed by atoms with van der Waals surface area (Å²) in [6.07, 6.45) is 7.44. The van der Waals surface area contributed by atoms with Gasteiger partial charge in [0.15, 0.2) is 0 Å². The average molecular weight is 255 g/mol. The van der Waals surface area contributed by atoms with E-state index in [1.165, 1.54) is 30.7 Å². The Hall–Kier alpha value is -0.480. The topological polar surface area (TPSA) is 37.8 Å². The molecule has 98 valence electrons. The van der Waals surface area contributed by atoms with E-state index in [-0.39, 0.29) is 0 Å². The van der Waals surface area contributed by atoms with Gasteiger partial charge in [0, 0.05) is 6.42 Å². The molecule has 0 aromatic carbocycles. The van der Waals surface area contributed by atoms with Gasteiger partial charge in [-0.3, -0.25) is 0 Å². The van der Waals surface area contributed by atoms with E-state index in [0.717, 1.165) is 24.4 Å². The largest absolute Gasteiger partial charge is 0.308 e. The van der Waals surface area contributed by atoms with Crippen molar-refractivity contribution in [1.82, 2.24) is 15.5 Å². The number of nitrogens with one attached hydrogen (secondary N) is 1. The summed E-state index contributed by atoms with van der Waals surface area (Å²) in [5.74, 6) is 0. The molecular formula is C13H25N3S. The Morgan fingerprint density at radius 1 is 1.12 bits per heavy atom. The lowest BCUT2D eigenvalue weighted by Crippen LogP contribution is -2.18. The van der Waals surface area contributed by atoms with Gasteiger partial charge in [-0.2, -0.15) is 0 Å². The van der Waals surface area contributed by atoms with Gasteiger partial charge in [0.05, 0.1) is 6.04 Å². The molecule has 0 radical (unpaired) electrons. The van der Waals surface area contributed by atoms with E-state index in [4.69, 9.17) is 0 Å². The van der Waals surface area contributed by atoms with Gasteiger partial charge in [-0.1, -0.05) is 44.4 Å². The standard InChI is InChI=1S/C13H25N3S/c1-4-6-7-8-9-12-15-16-13(17-12)11(3)14-10-5-2/h11,14H,4-10H2,1-3H3. The van der Waals surface area contributed by atoms with Crippen LogP contribution in [0.2, 0.25) is 0 Å². The van der Waals surface area contributed by atoms with Crippen LogP contribution in [0.25, 0.3) is 0 Å². The van der Waals surface area contributed by atoms with Crippen LogP contribution in [0.4, 0.5) is 0 Å². The third-order valence-corrected chi connectivity index (χ3v) is 3.96. The van der Waals surface area contributed by atoms with Gasteiger partial charge in [0.1, 0.15) is 10.0 Å². The second-order valence-corrected chi connectivity index (χ2v) is 5.61. The van der Waals surface area contributed by atoms with Crippen LogP contribution in [0.3, 0.4) is 0 Å². The summed E-state index contributed by atoms with van der Waals surface area (Å²) >= 11 is 1.76. The molecule has 0 fully saturated rings. The third kappa shape index (κ3) is 5.59. The minimum atomic E-state index is 0.344. The summed E-state index contributed by atoms with van der Waals surface area (Å²) < 4.78 is 0. The Kier molecular flexibility index (Phi) is 7.37. The maximum atomic E-state index is 4.27. The summed E-state index contributed by atoms with van der Waals surface area (Å²) in [6.45, 7) is 7.63. The molecule has 1 heterocycles. The lowest BCUT2D eigenvalue weighted by molar-refractivity contribution is 0.563. The molecule has 4 heteroatoms. The first-order chi connectivity index (χ1) is 8.27. The summed E-state index contributed by atoms with van der Waals surface area (Å²) in [7, 11) is 0. The number of hydrogen-bond acceptors (Lipinski definition) is 4. The maximum Gasteiger partial charge on any atom is 0.134 e. The van der Waals surface area contributed by atoms with Gasteiger partial charge < -0.3 is 5.32 Å². The monoisotopic (exact) mass is 255 g/mol. The first kappa shape index (κ1) is 14.6. The van der Waals surface area contributed by atoms with Crippen molar-refractivity contribution >= 4 is 11.3 Å². The minimum Gasteiger partial charge on any atom is -0.308 e. The van der Waals surface area contributed by atoms with Gasteiger partial charge in [-0.05, 0) is 26.3 Å². The van der Waals surface area contributed by atoms with E-state index in [1.54, 1.807) is 11.3 Å². The molecule has 0 bridgehead atoms. The Morgan fingerprint density at radius 3 is 2.65 bits per heavy atom. The molecule has 1 rings (SSSR count). The fourth-order valence-corrected chi connectivity index (χ4v) is 2.60. The number of nitrogens with zero attached hydrogens (tertiary/aromatic N) is 2. The molecule has 1 aromatic rings. The van der Waals surface area contributed by atoms with Crippen molar-refractivity contribution in [3.63, 3.8) is 0 Å². The van der Waals surface area contributed by atoms with Gasteiger partial charge in [0.25, 0.3) is 0 Å². The molecule has 0 aliphatic carbocycles. The predicted molar refractivity (Wildman–Crippen MR) is 74.5 cm³/mol. The van der Waals surface area contributed by atoms with E-state index in [2.05, 4.69) is 36.3 Å². The molecule has 0 saturated carbocycles. The summed E-state index contributed by atoms with van der Waals surface area (Å²) in [5.41, 5.74) is 0. The maximum absolute atomic E-state index is 4.27. The fraction of sp³-hybridized carbons (Fsp3) is 0.846. The van der Waals surface area contributed by atoms with Gasteiger partial charge in [0.2, 0.25) is 0 Å². The van der Waals surface area contributed by atoms with Crippen molar-refractivity contribution in [3.8, 4) is 0 Å². The van der Waals surface area contributed by atoms with Crippen LogP contribution in [0.1, 0.15) is 68.9 Å². The van der Waals surface area contributed by atoms with E-state index < -0.39 is 0 Å². The van der Waals surface area contributed by atoms with Gasteiger partial charge >= 0.3 is 0 Å². The van der Waals surface area contributed by atoms with E-state index in [1.807, 2.05) is 0 Å². The normalized spacial score (nSPS) is 12.9. The Balaban J connectivity index is 2.31. The van der Waals surface area contributed by atoms with E-state index >= 15 is 0 Å². The zero-order chi connectivity index (χ0) is 12.5. The van der Waals surface area contributed by atoms with E-state index in [0.29, 0.717) is 6.04 Å². The molecule has 0 aliphatic heterocycles. The Labute approximate surface area is 109 Å². The molecule has 1 aromatic heterocycles. The molecule has 1 unspecified atom stereocenters. The summed E-state index contributed by atoms with van der Waals surface area (Å²) in [6, 6.07) is 0.344. The van der Waals surface area contributed by atoms with Crippen LogP contribution in [0, 0.1) is 0 Å². The van der Waals surface area contributed by atoms with Crippen molar-refractivity contribution < 1.29 is 0 Å². The number of hydrogen-bond donors (Lipinski definition) is 1. The molecule has 3 nitrogen and oxygen atoms in total. The minimum absolute atomic E-state index is 0.344. The highest BCUT2D eigenvalue weighted by Gasteiger charge is 2.10. The summed E-state index contributed by atoms with van der Waals surface area (Å²) in [5, 5.41) is 14.3. The smallest absolute Gasteiger partial charge is 0.134 e. The second-order valence-electron chi connectivity index (χ2n) is 4.52. The van der Waals surface area contributed by atoms with Crippen molar-refractivity contribution in [2.75, 3.05) is 6.54 Å². The molecule has 17 heavy (non-hydrogen) atoms. The SMILES string of the molecule is CCCCCCc1nnc(C(C)NCCC)s1. The Bertz CT molecular complexity index is 299. The first-order valence-corrected chi connectivity index (χ1v) is 7.65. The van der Waals surface area contributed by atoms with Crippen LogP contribution in [-0.2, 0) is 6.42 Å². The Morgan fingerprint density at radius 2 is 1.94 bits per heavy atom. The zero-order valence-electron chi connectivity index (χ0n) is 11.3. The molecule has 0 saturated heterocycles. The van der Waals surface area contributed by atoms with Crippen LogP contribution >= 0.6 is 11.3 Å². The highest BCUT2D eigenvalue weighted by atomic mass is 32.1. The first-order valence-electron chi connectivity index (χ1n) is 6.83. The van der Waals surface area contributed by atoms with Crippen LogP contribution < -0.4 is 5.32 Å². The van der Waals surface area contributed by atoms with Crippen molar-refractivity contribution in [2.24, 2.45) is 0 Å². The van der Waals surface area contributed by atoms with Crippen LogP contribution in [0.5, 0.6) is 0 Å². The molecule has 0 aliphatic rings. The van der Waals surface area contributed by atoms with Crippen molar-refractivity contribution in [1.29, 1.82) is 0 Å².